The maximum absolute atomic E-state index is 13.2. The summed E-state index contributed by atoms with van der Waals surface area (Å²) in [6, 6.07) is 3.60. The number of hydrogen-bond donors (Lipinski definition) is 1. The Kier molecular flexibility index (Phi) is 6.62. The first-order valence-electron chi connectivity index (χ1n) is 10.4. The third kappa shape index (κ3) is 4.55. The number of fused-ring (bicyclic) bond motifs is 1. The number of carbonyl (C=O) groups excluding carboxylic acids is 2. The van der Waals surface area contributed by atoms with Crippen LogP contribution in [0.4, 0.5) is 0 Å². The molecule has 7 nitrogen and oxygen atoms in total. The van der Waals surface area contributed by atoms with Crippen molar-refractivity contribution in [2.75, 3.05) is 27.4 Å². The van der Waals surface area contributed by atoms with Crippen molar-refractivity contribution in [3.63, 3.8) is 0 Å². The van der Waals surface area contributed by atoms with Crippen LogP contribution < -0.4 is 19.5 Å². The summed E-state index contributed by atoms with van der Waals surface area (Å²) in [5.74, 6) is 0.419. The Labute approximate surface area is 183 Å². The summed E-state index contributed by atoms with van der Waals surface area (Å²) in [7, 11) is 3.06. The summed E-state index contributed by atoms with van der Waals surface area (Å²) < 4.78 is 22.6. The fourth-order valence-corrected chi connectivity index (χ4v) is 3.68. The lowest BCUT2D eigenvalue weighted by atomic mass is 9.79. The first-order chi connectivity index (χ1) is 14.7. The Balaban J connectivity index is 1.96. The zero-order valence-electron chi connectivity index (χ0n) is 19.0. The van der Waals surface area contributed by atoms with Crippen molar-refractivity contribution in [3.8, 4) is 17.2 Å². The van der Waals surface area contributed by atoms with E-state index in [2.05, 4.69) is 5.32 Å². The molecule has 2 unspecified atom stereocenters. The number of ketones is 1. The van der Waals surface area contributed by atoms with Crippen LogP contribution in [-0.4, -0.2) is 45.2 Å². The third-order valence-corrected chi connectivity index (χ3v) is 5.49. The minimum absolute atomic E-state index is 0.0227. The number of hydrogen-bond acceptors (Lipinski definition) is 6. The molecule has 31 heavy (non-hydrogen) atoms. The van der Waals surface area contributed by atoms with Crippen molar-refractivity contribution < 1.29 is 28.5 Å². The largest absolute Gasteiger partial charge is 0.500 e. The first kappa shape index (κ1) is 22.7. The van der Waals surface area contributed by atoms with Gasteiger partial charge in [-0.05, 0) is 33.8 Å². The highest BCUT2D eigenvalue weighted by Gasteiger charge is 2.38. The second-order valence-corrected chi connectivity index (χ2v) is 8.76. The van der Waals surface area contributed by atoms with E-state index in [0.717, 1.165) is 5.57 Å². The number of ether oxygens (including phenoxy) is 4. The van der Waals surface area contributed by atoms with Gasteiger partial charge in [0.25, 0.3) is 0 Å². The molecule has 2 aliphatic rings. The topological polar surface area (TPSA) is 83.1 Å². The summed E-state index contributed by atoms with van der Waals surface area (Å²) in [5.41, 5.74) is 0.762. The van der Waals surface area contributed by atoms with Gasteiger partial charge in [-0.25, -0.2) is 0 Å². The van der Waals surface area contributed by atoms with Gasteiger partial charge in [0.1, 0.15) is 13.2 Å². The molecule has 1 aliphatic carbocycles. The number of allylic oxidation sites excluding steroid dienone is 2. The highest BCUT2D eigenvalue weighted by Crippen LogP contribution is 2.46. The van der Waals surface area contributed by atoms with Crippen LogP contribution in [0.2, 0.25) is 0 Å². The predicted molar refractivity (Wildman–Crippen MR) is 117 cm³/mol. The van der Waals surface area contributed by atoms with Gasteiger partial charge in [0.2, 0.25) is 11.7 Å². The highest BCUT2D eigenvalue weighted by molar-refractivity contribution is 5.95. The number of Topliss-reactive ketones (excluding diaryl/α,β-unsaturated/α-hetero) is 1. The number of benzene rings is 1. The normalized spacial score (nSPS) is 20.1. The van der Waals surface area contributed by atoms with Crippen molar-refractivity contribution in [1.29, 1.82) is 0 Å². The molecular weight excluding hydrogens is 398 g/mol. The van der Waals surface area contributed by atoms with Crippen LogP contribution in [-0.2, 0) is 14.3 Å². The van der Waals surface area contributed by atoms with Crippen molar-refractivity contribution >= 4 is 11.7 Å². The SMILES string of the molecule is COc1ccc(C2C=CC3=COCC3C2=O)c(OCC(C)(C)C(=O)NC(C)C)c1OC. The molecule has 168 valence electrons. The molecule has 1 aromatic rings. The van der Waals surface area contributed by atoms with E-state index in [1.165, 1.54) is 7.11 Å². The van der Waals surface area contributed by atoms with E-state index in [1.54, 1.807) is 19.4 Å². The van der Waals surface area contributed by atoms with E-state index < -0.39 is 11.3 Å². The second kappa shape index (κ2) is 9.04. The minimum Gasteiger partial charge on any atom is -0.500 e. The molecule has 0 fully saturated rings. The maximum Gasteiger partial charge on any atom is 0.229 e. The monoisotopic (exact) mass is 429 g/mol. The third-order valence-electron chi connectivity index (χ3n) is 5.49. The van der Waals surface area contributed by atoms with Crippen molar-refractivity contribution in [2.45, 2.75) is 39.7 Å². The molecule has 1 amide bonds. The number of methoxy groups -OCH3 is 2. The molecular formula is C24H31NO6. The Hall–Kier alpha value is -2.96. The van der Waals surface area contributed by atoms with Crippen LogP contribution in [0, 0.1) is 11.3 Å². The predicted octanol–water partition coefficient (Wildman–Crippen LogP) is 3.39. The van der Waals surface area contributed by atoms with Crippen LogP contribution in [0.15, 0.2) is 36.1 Å². The lowest BCUT2D eigenvalue weighted by Gasteiger charge is -2.28. The number of amides is 1. The molecule has 1 N–H and O–H groups in total. The molecule has 1 aliphatic heterocycles. The van der Waals surface area contributed by atoms with E-state index in [0.29, 0.717) is 29.4 Å². The number of carbonyl (C=O) groups is 2. The fraction of sp³-hybridized carbons (Fsp3) is 0.500. The minimum atomic E-state index is -0.794. The van der Waals surface area contributed by atoms with E-state index in [-0.39, 0.29) is 30.3 Å². The summed E-state index contributed by atoms with van der Waals surface area (Å²) >= 11 is 0. The van der Waals surface area contributed by atoms with Gasteiger partial charge < -0.3 is 24.3 Å². The molecule has 0 saturated heterocycles. The van der Waals surface area contributed by atoms with E-state index in [4.69, 9.17) is 18.9 Å². The number of rotatable bonds is 8. The average molecular weight is 430 g/mol. The Morgan fingerprint density at radius 1 is 1.23 bits per heavy atom. The lowest BCUT2D eigenvalue weighted by Crippen LogP contribution is -2.43. The second-order valence-electron chi connectivity index (χ2n) is 8.76. The van der Waals surface area contributed by atoms with Crippen LogP contribution in [0.25, 0.3) is 0 Å². The van der Waals surface area contributed by atoms with Gasteiger partial charge in [-0.3, -0.25) is 9.59 Å². The molecule has 1 aromatic carbocycles. The molecule has 0 spiro atoms. The lowest BCUT2D eigenvalue weighted by molar-refractivity contribution is -0.131. The molecule has 7 heteroatoms. The quantitative estimate of drug-likeness (QED) is 0.682. The maximum atomic E-state index is 13.2. The standard InChI is InChI=1S/C24H31NO6/c1-14(2)25-23(27)24(3,4)13-31-21-17(9-10-19(28-5)22(21)29-6)16-8-7-15-11-30-12-18(15)20(16)26/h7-11,14,16,18H,12-13H2,1-6H3,(H,25,27). The van der Waals surface area contributed by atoms with Gasteiger partial charge in [-0.15, -0.1) is 0 Å². The summed E-state index contributed by atoms with van der Waals surface area (Å²) in [6.45, 7) is 7.90. The first-order valence-corrected chi connectivity index (χ1v) is 10.4. The molecule has 0 bridgehead atoms. The van der Waals surface area contributed by atoms with Crippen LogP contribution in [0.1, 0.15) is 39.2 Å². The van der Waals surface area contributed by atoms with E-state index in [1.807, 2.05) is 45.9 Å². The van der Waals surface area contributed by atoms with Gasteiger partial charge in [0, 0.05) is 17.2 Å². The molecule has 2 atom stereocenters. The smallest absolute Gasteiger partial charge is 0.229 e. The van der Waals surface area contributed by atoms with Crippen molar-refractivity contribution in [3.05, 3.63) is 41.7 Å². The fourth-order valence-electron chi connectivity index (χ4n) is 3.68. The molecule has 0 aromatic heterocycles. The zero-order chi connectivity index (χ0) is 22.8. The Bertz CT molecular complexity index is 915. The van der Waals surface area contributed by atoms with Crippen LogP contribution in [0.3, 0.4) is 0 Å². The molecule has 0 radical (unpaired) electrons. The number of nitrogens with one attached hydrogen (secondary N) is 1. The van der Waals surface area contributed by atoms with E-state index in [9.17, 15) is 9.59 Å². The van der Waals surface area contributed by atoms with Crippen molar-refractivity contribution in [1.82, 2.24) is 5.32 Å². The average Bonchev–Trinajstić information content (AvgIpc) is 3.21. The summed E-state index contributed by atoms with van der Waals surface area (Å²) in [4.78, 5) is 25.8. The Morgan fingerprint density at radius 3 is 2.61 bits per heavy atom. The van der Waals surface area contributed by atoms with Gasteiger partial charge >= 0.3 is 0 Å². The van der Waals surface area contributed by atoms with Gasteiger partial charge in [-0.2, -0.15) is 0 Å². The molecule has 1 heterocycles. The van der Waals surface area contributed by atoms with Crippen molar-refractivity contribution in [2.24, 2.45) is 11.3 Å². The Morgan fingerprint density at radius 2 is 1.97 bits per heavy atom. The molecule has 3 rings (SSSR count). The highest BCUT2D eigenvalue weighted by atomic mass is 16.5. The molecule has 0 saturated carbocycles. The van der Waals surface area contributed by atoms with Gasteiger partial charge in [0.05, 0.1) is 37.7 Å². The summed E-state index contributed by atoms with van der Waals surface area (Å²) in [6.07, 6.45) is 5.41. The zero-order valence-corrected chi connectivity index (χ0v) is 19.0. The van der Waals surface area contributed by atoms with Gasteiger partial charge in [-0.1, -0.05) is 18.2 Å². The van der Waals surface area contributed by atoms with Crippen LogP contribution in [0.5, 0.6) is 17.2 Å². The van der Waals surface area contributed by atoms with Crippen LogP contribution >= 0.6 is 0 Å². The van der Waals surface area contributed by atoms with Gasteiger partial charge in [0.15, 0.2) is 17.3 Å². The summed E-state index contributed by atoms with van der Waals surface area (Å²) in [5, 5.41) is 2.92. The van der Waals surface area contributed by atoms with E-state index >= 15 is 0 Å².